The van der Waals surface area contributed by atoms with E-state index in [-0.39, 0.29) is 24.9 Å². The number of aliphatic hydroxyl groups is 1. The molecule has 0 radical (unpaired) electrons. The van der Waals surface area contributed by atoms with Gasteiger partial charge in [0.1, 0.15) is 12.4 Å². The molecule has 1 atom stereocenters. The normalized spacial score (nSPS) is 20.6. The Kier molecular flexibility index (Phi) is 7.85. The number of rotatable bonds is 9. The second-order valence-electron chi connectivity index (χ2n) is 8.34. The summed E-state index contributed by atoms with van der Waals surface area (Å²) in [5.74, 6) is 0.684. The highest BCUT2D eigenvalue weighted by molar-refractivity contribution is 5.96. The standard InChI is InChI=1S/C23H32O6/c1-15(2)19(16(3)4)11-21(25)28-14-23(13-24)12-18(22(26)29-23)10-17-8-6-7-9-20(17)27-5/h6-10,15-16,19,24H,11-14H2,1-5H3/b18-10+. The van der Waals surface area contributed by atoms with E-state index in [2.05, 4.69) is 27.7 Å². The minimum atomic E-state index is -1.24. The third-order valence-electron chi connectivity index (χ3n) is 5.45. The molecule has 6 heteroatoms. The van der Waals surface area contributed by atoms with Crippen LogP contribution in [0, 0.1) is 17.8 Å². The fraction of sp³-hybridized carbons (Fsp3) is 0.565. The zero-order valence-corrected chi connectivity index (χ0v) is 17.9. The van der Waals surface area contributed by atoms with Gasteiger partial charge < -0.3 is 19.3 Å². The number of methoxy groups -OCH3 is 1. The Labute approximate surface area is 172 Å². The molecular weight excluding hydrogens is 372 g/mol. The van der Waals surface area contributed by atoms with E-state index in [1.54, 1.807) is 19.3 Å². The summed E-state index contributed by atoms with van der Waals surface area (Å²) >= 11 is 0. The summed E-state index contributed by atoms with van der Waals surface area (Å²) in [4.78, 5) is 24.7. The van der Waals surface area contributed by atoms with E-state index >= 15 is 0 Å². The maximum absolute atomic E-state index is 12.4. The maximum atomic E-state index is 12.4. The van der Waals surface area contributed by atoms with Crippen LogP contribution in [0.1, 0.15) is 46.1 Å². The number of ether oxygens (including phenoxy) is 3. The number of benzene rings is 1. The minimum Gasteiger partial charge on any atom is -0.496 e. The quantitative estimate of drug-likeness (QED) is 0.500. The third-order valence-corrected chi connectivity index (χ3v) is 5.45. The molecule has 29 heavy (non-hydrogen) atoms. The van der Waals surface area contributed by atoms with E-state index in [1.807, 2.05) is 18.2 Å². The molecule has 1 fully saturated rings. The molecule has 1 saturated heterocycles. The van der Waals surface area contributed by atoms with E-state index in [0.29, 0.717) is 29.6 Å². The Bertz CT molecular complexity index is 743. The second-order valence-corrected chi connectivity index (χ2v) is 8.34. The van der Waals surface area contributed by atoms with E-state index in [9.17, 15) is 14.7 Å². The van der Waals surface area contributed by atoms with E-state index in [1.165, 1.54) is 0 Å². The zero-order valence-electron chi connectivity index (χ0n) is 17.9. The molecule has 1 aromatic rings. The van der Waals surface area contributed by atoms with Crippen molar-refractivity contribution in [3.05, 3.63) is 35.4 Å². The summed E-state index contributed by atoms with van der Waals surface area (Å²) in [6, 6.07) is 7.31. The summed E-state index contributed by atoms with van der Waals surface area (Å²) in [7, 11) is 1.56. The molecule has 0 aromatic heterocycles. The van der Waals surface area contributed by atoms with Gasteiger partial charge in [0.2, 0.25) is 0 Å². The monoisotopic (exact) mass is 404 g/mol. The topological polar surface area (TPSA) is 82.1 Å². The SMILES string of the molecule is COc1ccccc1/C=C1\CC(CO)(COC(=O)CC(C(C)C)C(C)C)OC1=O. The van der Waals surface area contributed by atoms with Crippen molar-refractivity contribution in [1.29, 1.82) is 0 Å². The lowest BCUT2D eigenvalue weighted by Gasteiger charge is -2.26. The van der Waals surface area contributed by atoms with Gasteiger partial charge >= 0.3 is 11.9 Å². The van der Waals surface area contributed by atoms with Crippen LogP contribution in [0.2, 0.25) is 0 Å². The molecule has 1 heterocycles. The van der Waals surface area contributed by atoms with Gasteiger partial charge in [-0.25, -0.2) is 4.79 Å². The summed E-state index contributed by atoms with van der Waals surface area (Å²) in [6.07, 6.45) is 2.15. The van der Waals surface area contributed by atoms with Gasteiger partial charge in [0.05, 0.1) is 13.7 Å². The fourth-order valence-electron chi connectivity index (χ4n) is 3.72. The molecule has 1 aliphatic heterocycles. The lowest BCUT2D eigenvalue weighted by atomic mass is 9.83. The fourth-order valence-corrected chi connectivity index (χ4v) is 3.72. The van der Waals surface area contributed by atoms with Crippen LogP contribution in [0.15, 0.2) is 29.8 Å². The van der Waals surface area contributed by atoms with Crippen LogP contribution in [0.3, 0.4) is 0 Å². The molecule has 1 aromatic carbocycles. The van der Waals surface area contributed by atoms with Gasteiger partial charge in [0, 0.05) is 24.0 Å². The average molecular weight is 405 g/mol. The van der Waals surface area contributed by atoms with Gasteiger partial charge in [0.15, 0.2) is 5.60 Å². The lowest BCUT2D eigenvalue weighted by Crippen LogP contribution is -2.39. The predicted molar refractivity (Wildman–Crippen MR) is 110 cm³/mol. The van der Waals surface area contributed by atoms with Crippen molar-refractivity contribution < 1.29 is 28.9 Å². The summed E-state index contributed by atoms with van der Waals surface area (Å²) in [6.45, 7) is 7.75. The van der Waals surface area contributed by atoms with Crippen LogP contribution in [-0.2, 0) is 19.1 Å². The zero-order chi connectivity index (χ0) is 21.6. The Morgan fingerprint density at radius 2 is 1.90 bits per heavy atom. The average Bonchev–Trinajstić information content (AvgIpc) is 3.00. The van der Waals surface area contributed by atoms with Gasteiger partial charge in [-0.2, -0.15) is 0 Å². The van der Waals surface area contributed by atoms with Gasteiger partial charge in [-0.1, -0.05) is 45.9 Å². The van der Waals surface area contributed by atoms with E-state index in [0.717, 1.165) is 5.56 Å². The molecule has 160 valence electrons. The number of aliphatic hydroxyl groups excluding tert-OH is 1. The largest absolute Gasteiger partial charge is 0.496 e. The van der Waals surface area contributed by atoms with E-state index in [4.69, 9.17) is 14.2 Å². The van der Waals surface area contributed by atoms with Crippen molar-refractivity contribution in [2.75, 3.05) is 20.3 Å². The summed E-state index contributed by atoms with van der Waals surface area (Å²) in [5.41, 5.74) is -0.0996. The Morgan fingerprint density at radius 3 is 2.48 bits per heavy atom. The molecule has 0 amide bonds. The van der Waals surface area contributed by atoms with Crippen LogP contribution >= 0.6 is 0 Å². The molecule has 1 N–H and O–H groups in total. The minimum absolute atomic E-state index is 0.158. The Hall–Kier alpha value is -2.34. The first-order valence-corrected chi connectivity index (χ1v) is 10.0. The van der Waals surface area contributed by atoms with Crippen LogP contribution in [0.25, 0.3) is 6.08 Å². The van der Waals surface area contributed by atoms with Crippen molar-refractivity contribution in [2.24, 2.45) is 17.8 Å². The van der Waals surface area contributed by atoms with Crippen LogP contribution in [0.4, 0.5) is 0 Å². The van der Waals surface area contributed by atoms with Crippen LogP contribution in [-0.4, -0.2) is 43.0 Å². The molecule has 1 unspecified atom stereocenters. The first-order chi connectivity index (χ1) is 13.7. The van der Waals surface area contributed by atoms with Crippen molar-refractivity contribution >= 4 is 18.0 Å². The first-order valence-electron chi connectivity index (χ1n) is 10.0. The maximum Gasteiger partial charge on any atom is 0.334 e. The third kappa shape index (κ3) is 5.82. The molecule has 0 saturated carbocycles. The van der Waals surface area contributed by atoms with Gasteiger partial charge in [-0.15, -0.1) is 0 Å². The molecule has 0 aliphatic carbocycles. The Balaban J connectivity index is 2.07. The molecule has 0 bridgehead atoms. The number of hydrogen-bond donors (Lipinski definition) is 1. The summed E-state index contributed by atoms with van der Waals surface area (Å²) < 4.78 is 16.2. The lowest BCUT2D eigenvalue weighted by molar-refractivity contribution is -0.167. The molecule has 2 rings (SSSR count). The van der Waals surface area contributed by atoms with Gasteiger partial charge in [-0.3, -0.25) is 4.79 Å². The van der Waals surface area contributed by atoms with Gasteiger partial charge in [0.25, 0.3) is 0 Å². The second kappa shape index (κ2) is 9.92. The molecular formula is C23H32O6. The van der Waals surface area contributed by atoms with Crippen molar-refractivity contribution in [3.63, 3.8) is 0 Å². The predicted octanol–water partition coefficient (Wildman–Crippen LogP) is 3.62. The van der Waals surface area contributed by atoms with Gasteiger partial charge in [-0.05, 0) is 29.9 Å². The highest BCUT2D eigenvalue weighted by Crippen LogP contribution is 2.34. The molecule has 6 nitrogen and oxygen atoms in total. The summed E-state index contributed by atoms with van der Waals surface area (Å²) in [5, 5.41) is 9.87. The van der Waals surface area contributed by atoms with Crippen LogP contribution in [0.5, 0.6) is 5.75 Å². The number of para-hydroxylation sites is 1. The van der Waals surface area contributed by atoms with E-state index < -0.39 is 18.2 Å². The highest BCUT2D eigenvalue weighted by atomic mass is 16.6. The molecule has 0 spiro atoms. The molecule has 1 aliphatic rings. The Morgan fingerprint density at radius 1 is 1.24 bits per heavy atom. The smallest absolute Gasteiger partial charge is 0.334 e. The number of hydrogen-bond acceptors (Lipinski definition) is 6. The number of cyclic esters (lactones) is 1. The number of carbonyl (C=O) groups is 2. The highest BCUT2D eigenvalue weighted by Gasteiger charge is 2.44. The first kappa shape index (κ1) is 22.9. The van der Waals surface area contributed by atoms with Crippen molar-refractivity contribution in [2.45, 2.75) is 46.1 Å². The number of esters is 2. The van der Waals surface area contributed by atoms with Crippen LogP contribution < -0.4 is 4.74 Å². The van der Waals surface area contributed by atoms with Crippen molar-refractivity contribution in [1.82, 2.24) is 0 Å². The number of carbonyl (C=O) groups excluding carboxylic acids is 2. The van der Waals surface area contributed by atoms with Crippen molar-refractivity contribution in [3.8, 4) is 5.75 Å².